The Balaban J connectivity index is 2.54. The second kappa shape index (κ2) is 7.44. The Morgan fingerprint density at radius 2 is 1.59 bits per heavy atom. The first kappa shape index (κ1) is 21.1. The van der Waals surface area contributed by atoms with Gasteiger partial charge in [0.2, 0.25) is 0 Å². The van der Waals surface area contributed by atoms with Crippen LogP contribution in [0.15, 0.2) is 30.3 Å². The number of carboxylic acid groups (broad SMARTS) is 1. The van der Waals surface area contributed by atoms with Crippen LogP contribution in [-0.4, -0.2) is 16.2 Å². The molecule has 0 atom stereocenters. The van der Waals surface area contributed by atoms with E-state index in [2.05, 4.69) is 0 Å². The molecule has 2 aromatic rings. The van der Waals surface area contributed by atoms with Crippen LogP contribution in [0.3, 0.4) is 0 Å². The van der Waals surface area contributed by atoms with Gasteiger partial charge in [0.15, 0.2) is 5.75 Å². The number of alkyl halides is 6. The third-order valence-corrected chi connectivity index (χ3v) is 4.06. The van der Waals surface area contributed by atoms with E-state index in [-0.39, 0.29) is 9.13 Å². The van der Waals surface area contributed by atoms with E-state index in [0.29, 0.717) is 18.2 Å². The second-order valence-electron chi connectivity index (χ2n) is 5.30. The van der Waals surface area contributed by atoms with Crippen molar-refractivity contribution in [1.82, 2.24) is 0 Å². The predicted octanol–water partition coefficient (Wildman–Crippen LogP) is 5.45. The maximum atomic E-state index is 13.3. The van der Waals surface area contributed by atoms with Crippen molar-refractivity contribution in [3.05, 3.63) is 50.6 Å². The summed E-state index contributed by atoms with van der Waals surface area (Å²) in [7, 11) is 0. The number of aromatic hydroxyl groups is 1. The number of aliphatic carboxylic acids is 1. The number of benzene rings is 2. The average Bonchev–Trinajstić information content (AvgIpc) is 2.48. The molecule has 11 heteroatoms. The number of phenolic OH excluding ortho intramolecular Hbond substituents is 1. The monoisotopic (exact) mass is 506 g/mol. The Kier molecular flexibility index (Phi) is 5.82. The van der Waals surface area contributed by atoms with E-state index in [4.69, 9.17) is 9.84 Å². The zero-order chi connectivity index (χ0) is 20.6. The van der Waals surface area contributed by atoms with Gasteiger partial charge in [-0.05, 0) is 58.5 Å². The first-order chi connectivity index (χ1) is 12.3. The van der Waals surface area contributed by atoms with E-state index >= 15 is 0 Å². The van der Waals surface area contributed by atoms with Crippen LogP contribution < -0.4 is 4.74 Å². The lowest BCUT2D eigenvalue weighted by Crippen LogP contribution is -2.11. The average molecular weight is 506 g/mol. The molecular weight excluding hydrogens is 497 g/mol. The van der Waals surface area contributed by atoms with Crippen LogP contribution in [0.25, 0.3) is 0 Å². The molecule has 0 heterocycles. The number of hydrogen-bond donors (Lipinski definition) is 2. The van der Waals surface area contributed by atoms with Crippen LogP contribution in [0, 0.1) is 3.57 Å². The largest absolute Gasteiger partial charge is 0.507 e. The normalized spacial score (nSPS) is 12.1. The van der Waals surface area contributed by atoms with Gasteiger partial charge in [0.25, 0.3) is 0 Å². The zero-order valence-electron chi connectivity index (χ0n) is 13.0. The molecule has 0 aliphatic carbocycles. The van der Waals surface area contributed by atoms with E-state index in [1.807, 2.05) is 0 Å². The highest BCUT2D eigenvalue weighted by molar-refractivity contribution is 14.1. The fourth-order valence-corrected chi connectivity index (χ4v) is 2.96. The quantitative estimate of drug-likeness (QED) is 0.428. The van der Waals surface area contributed by atoms with Crippen molar-refractivity contribution < 1.29 is 46.1 Å². The van der Waals surface area contributed by atoms with E-state index < -0.39 is 53.1 Å². The topological polar surface area (TPSA) is 66.8 Å². The Morgan fingerprint density at radius 3 is 2.11 bits per heavy atom. The molecule has 2 N–H and O–H groups in total. The maximum absolute atomic E-state index is 13.3. The molecule has 0 fully saturated rings. The minimum Gasteiger partial charge on any atom is -0.507 e. The van der Waals surface area contributed by atoms with E-state index in [9.17, 15) is 36.2 Å². The van der Waals surface area contributed by atoms with Crippen molar-refractivity contribution in [2.45, 2.75) is 18.8 Å². The van der Waals surface area contributed by atoms with Gasteiger partial charge in [-0.1, -0.05) is 0 Å². The molecule has 0 spiro atoms. The third-order valence-electron chi connectivity index (χ3n) is 3.26. The Bertz CT molecular complexity index is 876. The Morgan fingerprint density at radius 1 is 1.00 bits per heavy atom. The van der Waals surface area contributed by atoms with Crippen molar-refractivity contribution in [2.24, 2.45) is 0 Å². The van der Waals surface area contributed by atoms with Gasteiger partial charge in [-0.2, -0.15) is 26.3 Å². The molecule has 0 aliphatic rings. The van der Waals surface area contributed by atoms with E-state index in [1.54, 1.807) is 0 Å². The lowest BCUT2D eigenvalue weighted by Gasteiger charge is -2.18. The number of ether oxygens (including phenoxy) is 1. The fraction of sp³-hybridized carbons (Fsp3) is 0.188. The number of phenols is 1. The zero-order valence-corrected chi connectivity index (χ0v) is 15.1. The molecule has 0 saturated heterocycles. The first-order valence-corrected chi connectivity index (χ1v) is 8.06. The van der Waals surface area contributed by atoms with Crippen LogP contribution in [0.1, 0.15) is 16.7 Å². The summed E-state index contributed by atoms with van der Waals surface area (Å²) in [6.07, 6.45) is -10.5. The van der Waals surface area contributed by atoms with Crippen molar-refractivity contribution in [3.8, 4) is 17.2 Å². The molecule has 2 rings (SSSR count). The van der Waals surface area contributed by atoms with Gasteiger partial charge in [0.05, 0.1) is 15.6 Å². The summed E-state index contributed by atoms with van der Waals surface area (Å²) in [5.41, 5.74) is -2.94. The highest BCUT2D eigenvalue weighted by Gasteiger charge is 2.37. The van der Waals surface area contributed by atoms with Gasteiger partial charge in [-0.25, -0.2) is 0 Å². The predicted molar refractivity (Wildman–Crippen MR) is 88.7 cm³/mol. The first-order valence-electron chi connectivity index (χ1n) is 6.98. The van der Waals surface area contributed by atoms with Gasteiger partial charge in [0.1, 0.15) is 17.1 Å². The molecule has 0 amide bonds. The van der Waals surface area contributed by atoms with Crippen LogP contribution in [0.5, 0.6) is 17.2 Å². The molecular formula is C16H9F6IO4. The van der Waals surface area contributed by atoms with Crippen molar-refractivity contribution in [2.75, 3.05) is 0 Å². The molecule has 0 radical (unpaired) electrons. The van der Waals surface area contributed by atoms with Gasteiger partial charge in [-0.15, -0.1) is 0 Å². The number of rotatable bonds is 4. The maximum Gasteiger partial charge on any atom is 0.420 e. The molecule has 0 bridgehead atoms. The Labute approximate surface area is 161 Å². The number of carbonyl (C=O) groups is 1. The minimum atomic E-state index is -4.94. The highest BCUT2D eigenvalue weighted by Crippen LogP contribution is 2.43. The molecule has 2 aromatic carbocycles. The minimum absolute atomic E-state index is 0.139. The van der Waals surface area contributed by atoms with Gasteiger partial charge in [0, 0.05) is 0 Å². The molecule has 0 aliphatic heterocycles. The summed E-state index contributed by atoms with van der Waals surface area (Å²) >= 11 is 1.47. The molecule has 0 aromatic heterocycles. The van der Waals surface area contributed by atoms with Gasteiger partial charge < -0.3 is 14.9 Å². The number of hydrogen-bond acceptors (Lipinski definition) is 3. The lowest BCUT2D eigenvalue weighted by atomic mass is 10.1. The third kappa shape index (κ3) is 5.17. The summed E-state index contributed by atoms with van der Waals surface area (Å²) in [6.45, 7) is 0. The summed E-state index contributed by atoms with van der Waals surface area (Å²) in [6, 6.07) is 3.60. The van der Waals surface area contributed by atoms with E-state index in [1.165, 1.54) is 22.6 Å². The fourth-order valence-electron chi connectivity index (χ4n) is 2.16. The molecule has 4 nitrogen and oxygen atoms in total. The van der Waals surface area contributed by atoms with E-state index in [0.717, 1.165) is 12.1 Å². The number of halogens is 7. The van der Waals surface area contributed by atoms with Crippen LogP contribution in [0.2, 0.25) is 0 Å². The summed E-state index contributed by atoms with van der Waals surface area (Å²) < 4.78 is 83.4. The second-order valence-corrected chi connectivity index (χ2v) is 6.46. The summed E-state index contributed by atoms with van der Waals surface area (Å²) in [5, 5.41) is 18.0. The Hall–Kier alpha value is -2.18. The van der Waals surface area contributed by atoms with Crippen LogP contribution in [0.4, 0.5) is 26.3 Å². The molecule has 0 unspecified atom stereocenters. The van der Waals surface area contributed by atoms with Crippen LogP contribution in [-0.2, 0) is 23.6 Å². The van der Waals surface area contributed by atoms with Crippen molar-refractivity contribution in [3.63, 3.8) is 0 Å². The summed E-state index contributed by atoms with van der Waals surface area (Å²) in [5.74, 6) is -3.79. The summed E-state index contributed by atoms with van der Waals surface area (Å²) in [4.78, 5) is 10.7. The van der Waals surface area contributed by atoms with Crippen molar-refractivity contribution in [1.29, 1.82) is 0 Å². The molecule has 27 heavy (non-hydrogen) atoms. The smallest absolute Gasteiger partial charge is 0.420 e. The molecule has 146 valence electrons. The van der Waals surface area contributed by atoms with Gasteiger partial charge >= 0.3 is 18.3 Å². The SMILES string of the molecule is O=C(O)Cc1cc(I)c(Oc2ccc(O)c(C(F)(F)F)c2)c(C(F)(F)F)c1. The number of carboxylic acids is 1. The highest BCUT2D eigenvalue weighted by atomic mass is 127. The lowest BCUT2D eigenvalue weighted by molar-refractivity contribution is -0.140. The van der Waals surface area contributed by atoms with Crippen molar-refractivity contribution >= 4 is 28.6 Å². The molecule has 0 saturated carbocycles. The van der Waals surface area contributed by atoms with Gasteiger partial charge in [-0.3, -0.25) is 4.79 Å². The standard InChI is InChI=1S/C16H9F6IO4/c17-15(18,19)9-6-8(1-2-12(9)24)27-14-10(16(20,21)22)3-7(4-11(14)23)5-13(25)26/h1-4,6,24H,5H2,(H,25,26). The van der Waals surface area contributed by atoms with Crippen LogP contribution >= 0.6 is 22.6 Å².